The lowest BCUT2D eigenvalue weighted by Crippen LogP contribution is -1.95. The number of para-hydroxylation sites is 1. The van der Waals surface area contributed by atoms with Crippen LogP contribution in [0.25, 0.3) is 72.0 Å². The van der Waals surface area contributed by atoms with Gasteiger partial charge in [0.15, 0.2) is 0 Å². The van der Waals surface area contributed by atoms with Crippen LogP contribution in [0, 0.1) is 0 Å². The molecule has 0 N–H and O–H groups in total. The molecule has 8 aromatic rings. The molecule has 0 atom stereocenters. The summed E-state index contributed by atoms with van der Waals surface area (Å²) in [6.45, 7) is 0. The highest BCUT2D eigenvalue weighted by atomic mass is 79.9. The van der Waals surface area contributed by atoms with Crippen LogP contribution in [-0.4, -0.2) is 4.57 Å². The van der Waals surface area contributed by atoms with Crippen LogP contribution in [0.15, 0.2) is 174 Å². The largest absolute Gasteiger partial charge is 0.309 e. The van der Waals surface area contributed by atoms with E-state index < -0.39 is 0 Å². The normalized spacial score (nSPS) is 11.3. The van der Waals surface area contributed by atoms with Crippen molar-refractivity contribution in [2.75, 3.05) is 0 Å². The second kappa shape index (κ2) is 11.1. The molecule has 0 saturated carbocycles. The van der Waals surface area contributed by atoms with Gasteiger partial charge in [-0.25, -0.2) is 0 Å². The third-order valence-corrected chi connectivity index (χ3v) is 8.95. The molecule has 0 radical (unpaired) electrons. The summed E-state index contributed by atoms with van der Waals surface area (Å²) in [4.78, 5) is 0. The highest BCUT2D eigenvalue weighted by Gasteiger charge is 2.15. The molecule has 1 heterocycles. The van der Waals surface area contributed by atoms with Crippen molar-refractivity contribution in [3.8, 4) is 50.2 Å². The van der Waals surface area contributed by atoms with E-state index in [0.29, 0.717) is 0 Å². The Morgan fingerprint density at radius 3 is 1.70 bits per heavy atom. The second-order valence-electron chi connectivity index (χ2n) is 11.1. The Bertz CT molecular complexity index is 2290. The van der Waals surface area contributed by atoms with Gasteiger partial charge in [0.05, 0.1) is 11.0 Å². The van der Waals surface area contributed by atoms with Crippen LogP contribution in [0.4, 0.5) is 0 Å². The molecule has 208 valence electrons. The van der Waals surface area contributed by atoms with Crippen molar-refractivity contribution in [2.45, 2.75) is 0 Å². The van der Waals surface area contributed by atoms with Gasteiger partial charge in [-0.3, -0.25) is 0 Å². The lowest BCUT2D eigenvalue weighted by molar-refractivity contribution is 1.18. The van der Waals surface area contributed by atoms with Crippen LogP contribution in [0.1, 0.15) is 0 Å². The number of rotatable bonds is 5. The van der Waals surface area contributed by atoms with Crippen molar-refractivity contribution in [1.29, 1.82) is 0 Å². The first-order valence-electron chi connectivity index (χ1n) is 14.9. The quantitative estimate of drug-likeness (QED) is 0.179. The molecule has 0 fully saturated rings. The van der Waals surface area contributed by atoms with E-state index in [1.807, 2.05) is 0 Å². The Hall–Kier alpha value is -5.18. The number of hydrogen-bond donors (Lipinski definition) is 0. The number of aromatic nitrogens is 1. The predicted octanol–water partition coefficient (Wildman–Crippen LogP) is 12.2. The summed E-state index contributed by atoms with van der Waals surface area (Å²) in [5, 5.41) is 2.51. The summed E-state index contributed by atoms with van der Waals surface area (Å²) in [5.74, 6) is 0. The van der Waals surface area contributed by atoms with Gasteiger partial charge in [-0.05, 0) is 87.0 Å². The molecule has 7 aromatic carbocycles. The SMILES string of the molecule is Brc1cccc(-c2ccccc2-c2ccc3c4ccccc4n(-c4cccc(-c5cccc(-c6ccccc6)c5)c4)c3c2)c1. The van der Waals surface area contributed by atoms with E-state index in [9.17, 15) is 0 Å². The fourth-order valence-electron chi connectivity index (χ4n) is 6.39. The molecule has 0 amide bonds. The van der Waals surface area contributed by atoms with Gasteiger partial charge in [0, 0.05) is 20.9 Å². The molecule has 0 unspecified atom stereocenters. The second-order valence-corrected chi connectivity index (χ2v) is 12.1. The highest BCUT2D eigenvalue weighted by molar-refractivity contribution is 9.10. The average Bonchev–Trinajstić information content (AvgIpc) is 3.42. The van der Waals surface area contributed by atoms with Crippen LogP contribution in [0.3, 0.4) is 0 Å². The molecule has 0 bridgehead atoms. The molecule has 0 aliphatic rings. The summed E-state index contributed by atoms with van der Waals surface area (Å²) in [5.41, 5.74) is 13.2. The van der Waals surface area contributed by atoms with Crippen molar-refractivity contribution < 1.29 is 0 Å². The third kappa shape index (κ3) is 4.74. The maximum absolute atomic E-state index is 3.66. The first-order chi connectivity index (χ1) is 21.7. The Morgan fingerprint density at radius 2 is 0.909 bits per heavy atom. The van der Waals surface area contributed by atoms with E-state index >= 15 is 0 Å². The van der Waals surface area contributed by atoms with Crippen molar-refractivity contribution in [1.82, 2.24) is 4.57 Å². The predicted molar refractivity (Wildman–Crippen MR) is 190 cm³/mol. The van der Waals surface area contributed by atoms with E-state index in [4.69, 9.17) is 0 Å². The van der Waals surface area contributed by atoms with Crippen LogP contribution >= 0.6 is 15.9 Å². The molecule has 44 heavy (non-hydrogen) atoms. The average molecular weight is 627 g/mol. The zero-order chi connectivity index (χ0) is 29.5. The van der Waals surface area contributed by atoms with E-state index in [0.717, 1.165) is 10.2 Å². The fourth-order valence-corrected chi connectivity index (χ4v) is 6.79. The van der Waals surface area contributed by atoms with Gasteiger partial charge in [-0.1, -0.05) is 143 Å². The van der Waals surface area contributed by atoms with E-state index in [1.54, 1.807) is 0 Å². The van der Waals surface area contributed by atoms with Gasteiger partial charge in [-0.2, -0.15) is 0 Å². The summed E-state index contributed by atoms with van der Waals surface area (Å²) in [6.07, 6.45) is 0. The van der Waals surface area contributed by atoms with Gasteiger partial charge < -0.3 is 4.57 Å². The zero-order valence-corrected chi connectivity index (χ0v) is 25.6. The molecular weight excluding hydrogens is 598 g/mol. The van der Waals surface area contributed by atoms with E-state index in [-0.39, 0.29) is 0 Å². The van der Waals surface area contributed by atoms with Gasteiger partial charge in [0.2, 0.25) is 0 Å². The molecule has 0 saturated heterocycles. The summed E-state index contributed by atoms with van der Waals surface area (Å²) in [6, 6.07) is 61.2. The lowest BCUT2D eigenvalue weighted by Gasteiger charge is -2.13. The number of fused-ring (bicyclic) bond motifs is 3. The molecule has 2 heteroatoms. The fraction of sp³-hybridized carbons (Fsp3) is 0. The monoisotopic (exact) mass is 625 g/mol. The van der Waals surface area contributed by atoms with Crippen LogP contribution in [-0.2, 0) is 0 Å². The molecule has 1 aromatic heterocycles. The third-order valence-electron chi connectivity index (χ3n) is 8.45. The molecular formula is C42H28BrN. The Kier molecular flexibility index (Phi) is 6.70. The van der Waals surface area contributed by atoms with Crippen LogP contribution in [0.2, 0.25) is 0 Å². The summed E-state index contributed by atoms with van der Waals surface area (Å²) < 4.78 is 3.50. The summed E-state index contributed by atoms with van der Waals surface area (Å²) >= 11 is 3.66. The van der Waals surface area contributed by atoms with Gasteiger partial charge >= 0.3 is 0 Å². The smallest absolute Gasteiger partial charge is 0.0547 e. The zero-order valence-electron chi connectivity index (χ0n) is 24.0. The van der Waals surface area contributed by atoms with Gasteiger partial charge in [-0.15, -0.1) is 0 Å². The van der Waals surface area contributed by atoms with Crippen molar-refractivity contribution in [3.05, 3.63) is 174 Å². The topological polar surface area (TPSA) is 4.93 Å². The molecule has 0 spiro atoms. The van der Waals surface area contributed by atoms with E-state index in [2.05, 4.69) is 190 Å². The lowest BCUT2D eigenvalue weighted by atomic mass is 9.94. The summed E-state index contributed by atoms with van der Waals surface area (Å²) in [7, 11) is 0. The minimum atomic E-state index is 1.08. The first kappa shape index (κ1) is 26.4. The maximum Gasteiger partial charge on any atom is 0.0547 e. The van der Waals surface area contributed by atoms with Crippen molar-refractivity contribution in [3.63, 3.8) is 0 Å². The van der Waals surface area contributed by atoms with Crippen molar-refractivity contribution >= 4 is 37.7 Å². The van der Waals surface area contributed by atoms with Gasteiger partial charge in [0.1, 0.15) is 0 Å². The Balaban J connectivity index is 1.30. The van der Waals surface area contributed by atoms with E-state index in [1.165, 1.54) is 66.3 Å². The number of hydrogen-bond acceptors (Lipinski definition) is 0. The molecule has 0 aliphatic heterocycles. The Morgan fingerprint density at radius 1 is 0.341 bits per heavy atom. The van der Waals surface area contributed by atoms with Crippen LogP contribution in [0.5, 0.6) is 0 Å². The van der Waals surface area contributed by atoms with Crippen molar-refractivity contribution in [2.24, 2.45) is 0 Å². The number of nitrogens with zero attached hydrogens (tertiary/aromatic N) is 1. The Labute approximate surface area is 265 Å². The minimum absolute atomic E-state index is 1.08. The molecule has 0 aliphatic carbocycles. The minimum Gasteiger partial charge on any atom is -0.309 e. The first-order valence-corrected chi connectivity index (χ1v) is 15.7. The standard InChI is InChI=1S/C42H28BrN/c43-35-17-9-16-33(26-35)37-19-4-5-20-38(37)34-23-24-40-39-21-6-7-22-41(39)44(42(40)28-34)36-18-10-15-32(27-36)31-14-8-13-30(25-31)29-11-2-1-3-12-29/h1-28H. The molecule has 8 rings (SSSR count). The van der Waals surface area contributed by atoms with Gasteiger partial charge in [0.25, 0.3) is 0 Å². The highest BCUT2D eigenvalue weighted by Crippen LogP contribution is 2.39. The maximum atomic E-state index is 3.66. The number of benzene rings is 7. The van der Waals surface area contributed by atoms with Crippen LogP contribution < -0.4 is 0 Å². The molecule has 1 nitrogen and oxygen atoms in total. The number of halogens is 1.